The van der Waals surface area contributed by atoms with Crippen molar-refractivity contribution >= 4 is 17.5 Å². The molecule has 2 heterocycles. The largest absolute Gasteiger partial charge is 0.392 e. The summed E-state index contributed by atoms with van der Waals surface area (Å²) in [6.45, 7) is 2.14. The van der Waals surface area contributed by atoms with Crippen LogP contribution >= 0.6 is 0 Å². The number of nitrogens with zero attached hydrogens (tertiary/aromatic N) is 1. The Bertz CT molecular complexity index is 1080. The SMILES string of the molecule is O=C(CCCCCC(=O)Nc1cccc([C@@H]2O[C@H](CN3CC[C@H](O)C3)C[C@H](c3ccc(CO)cc3)O2)c1)NO. The zero-order valence-corrected chi connectivity index (χ0v) is 22.1. The zero-order chi connectivity index (χ0) is 27.6. The number of nitrogens with one attached hydrogen (secondary N) is 2. The third-order valence-electron chi connectivity index (χ3n) is 7.20. The molecule has 10 nitrogen and oxygen atoms in total. The number of hydroxylamine groups is 1. The maximum absolute atomic E-state index is 12.5. The van der Waals surface area contributed by atoms with Crippen LogP contribution in [0.3, 0.4) is 0 Å². The molecule has 2 aliphatic heterocycles. The van der Waals surface area contributed by atoms with Crippen LogP contribution < -0.4 is 10.8 Å². The van der Waals surface area contributed by atoms with Gasteiger partial charge in [-0.25, -0.2) is 5.48 Å². The van der Waals surface area contributed by atoms with Gasteiger partial charge in [0.15, 0.2) is 6.29 Å². The lowest BCUT2D eigenvalue weighted by atomic mass is 9.99. The van der Waals surface area contributed by atoms with E-state index in [4.69, 9.17) is 14.7 Å². The third-order valence-corrected chi connectivity index (χ3v) is 7.20. The average Bonchev–Trinajstić information content (AvgIpc) is 3.36. The van der Waals surface area contributed by atoms with Crippen molar-refractivity contribution in [2.75, 3.05) is 25.0 Å². The molecular weight excluding hydrogens is 502 g/mol. The van der Waals surface area contributed by atoms with Crippen LogP contribution in [-0.2, 0) is 25.7 Å². The molecule has 4 atom stereocenters. The van der Waals surface area contributed by atoms with Gasteiger partial charge in [0.2, 0.25) is 11.8 Å². The van der Waals surface area contributed by atoms with E-state index in [1.165, 1.54) is 0 Å². The van der Waals surface area contributed by atoms with Gasteiger partial charge >= 0.3 is 0 Å². The van der Waals surface area contributed by atoms with Gasteiger partial charge in [-0.1, -0.05) is 42.8 Å². The maximum Gasteiger partial charge on any atom is 0.243 e. The highest BCUT2D eigenvalue weighted by atomic mass is 16.7. The number of benzene rings is 2. The summed E-state index contributed by atoms with van der Waals surface area (Å²) in [5.41, 5.74) is 4.90. The number of anilines is 1. The number of hydrogen-bond acceptors (Lipinski definition) is 8. The lowest BCUT2D eigenvalue weighted by Crippen LogP contribution is -2.38. The van der Waals surface area contributed by atoms with Crippen molar-refractivity contribution in [3.05, 3.63) is 65.2 Å². The first-order valence-electron chi connectivity index (χ1n) is 13.7. The van der Waals surface area contributed by atoms with Gasteiger partial charge in [0.25, 0.3) is 0 Å². The smallest absolute Gasteiger partial charge is 0.243 e. The lowest BCUT2D eigenvalue weighted by Gasteiger charge is -2.38. The number of carbonyl (C=O) groups is 2. The molecule has 10 heteroatoms. The van der Waals surface area contributed by atoms with Crippen LogP contribution in [0.4, 0.5) is 5.69 Å². The van der Waals surface area contributed by atoms with Gasteiger partial charge in [-0.05, 0) is 42.5 Å². The normalized spacial score (nSPS) is 23.5. The van der Waals surface area contributed by atoms with E-state index in [1.54, 1.807) is 5.48 Å². The van der Waals surface area contributed by atoms with Gasteiger partial charge in [0.05, 0.1) is 24.9 Å². The van der Waals surface area contributed by atoms with Crippen LogP contribution in [0.1, 0.15) is 74.0 Å². The molecule has 0 spiro atoms. The Hall–Kier alpha value is -2.86. The quantitative estimate of drug-likeness (QED) is 0.157. The van der Waals surface area contributed by atoms with E-state index in [0.29, 0.717) is 50.9 Å². The van der Waals surface area contributed by atoms with Crippen LogP contribution in [0, 0.1) is 0 Å². The number of ether oxygens (including phenoxy) is 2. The minimum atomic E-state index is -0.631. The molecule has 2 fully saturated rings. The Kier molecular flexibility index (Phi) is 10.8. The van der Waals surface area contributed by atoms with Gasteiger partial charge in [0, 0.05) is 50.1 Å². The maximum atomic E-state index is 12.5. The number of amides is 2. The molecule has 0 radical (unpaired) electrons. The highest BCUT2D eigenvalue weighted by Gasteiger charge is 2.34. The minimum Gasteiger partial charge on any atom is -0.392 e. The number of aliphatic hydroxyl groups is 2. The van der Waals surface area contributed by atoms with Crippen LogP contribution in [0.15, 0.2) is 48.5 Å². The summed E-state index contributed by atoms with van der Waals surface area (Å²) in [6.07, 6.45) is 2.69. The zero-order valence-electron chi connectivity index (χ0n) is 22.1. The first-order chi connectivity index (χ1) is 18.9. The van der Waals surface area contributed by atoms with Crippen molar-refractivity contribution < 1.29 is 34.5 Å². The Morgan fingerprint density at radius 3 is 2.44 bits per heavy atom. The fourth-order valence-electron chi connectivity index (χ4n) is 5.09. The Balaban J connectivity index is 1.39. The number of rotatable bonds is 12. The first kappa shape index (κ1) is 29.1. The molecular formula is C29H39N3O7. The summed E-state index contributed by atoms with van der Waals surface area (Å²) in [4.78, 5) is 25.8. The Morgan fingerprint density at radius 2 is 1.74 bits per heavy atom. The van der Waals surface area contributed by atoms with Crippen LogP contribution in [-0.4, -0.2) is 64.0 Å². The molecule has 0 saturated carbocycles. The summed E-state index contributed by atoms with van der Waals surface area (Å²) >= 11 is 0. The van der Waals surface area contributed by atoms with Crippen LogP contribution in [0.2, 0.25) is 0 Å². The second-order valence-electron chi connectivity index (χ2n) is 10.3. The number of likely N-dealkylation sites (tertiary alicyclic amines) is 1. The van der Waals surface area contributed by atoms with Crippen LogP contribution in [0.5, 0.6) is 0 Å². The first-order valence-corrected chi connectivity index (χ1v) is 13.7. The average molecular weight is 542 g/mol. The monoisotopic (exact) mass is 541 g/mol. The summed E-state index contributed by atoms with van der Waals surface area (Å²) < 4.78 is 12.8. The van der Waals surface area contributed by atoms with Crippen molar-refractivity contribution in [2.45, 2.75) is 76.2 Å². The summed E-state index contributed by atoms with van der Waals surface area (Å²) in [6, 6.07) is 15.2. The molecule has 0 aliphatic carbocycles. The molecule has 39 heavy (non-hydrogen) atoms. The summed E-state index contributed by atoms with van der Waals surface area (Å²) in [5, 5.41) is 30.9. The topological polar surface area (TPSA) is 141 Å². The fraction of sp³-hybridized carbons (Fsp3) is 0.517. The highest BCUT2D eigenvalue weighted by Crippen LogP contribution is 2.39. The summed E-state index contributed by atoms with van der Waals surface area (Å²) in [5.74, 6) is -0.537. The van der Waals surface area contributed by atoms with Gasteiger partial charge < -0.3 is 25.0 Å². The molecule has 2 amide bonds. The van der Waals surface area contributed by atoms with Crippen molar-refractivity contribution in [2.24, 2.45) is 0 Å². The molecule has 2 aromatic rings. The van der Waals surface area contributed by atoms with E-state index in [1.807, 2.05) is 48.5 Å². The number of hydrogen-bond donors (Lipinski definition) is 5. The second-order valence-corrected chi connectivity index (χ2v) is 10.3. The van der Waals surface area contributed by atoms with Crippen molar-refractivity contribution in [3.8, 4) is 0 Å². The number of aliphatic hydroxyl groups excluding tert-OH is 2. The predicted octanol–water partition coefficient (Wildman–Crippen LogP) is 3.19. The van der Waals surface area contributed by atoms with Gasteiger partial charge in [-0.2, -0.15) is 0 Å². The van der Waals surface area contributed by atoms with E-state index in [-0.39, 0.29) is 37.2 Å². The van der Waals surface area contributed by atoms with Gasteiger partial charge in [-0.3, -0.25) is 19.7 Å². The molecule has 2 aliphatic rings. The third kappa shape index (κ3) is 8.82. The van der Waals surface area contributed by atoms with Crippen molar-refractivity contribution in [1.29, 1.82) is 0 Å². The number of unbranched alkanes of at least 4 members (excludes halogenated alkanes) is 2. The standard InChI is InChI=1S/C29H39N3O7/c33-19-20-9-11-21(12-10-20)26-16-25(18-32-14-13-24(34)17-32)38-29(39-26)22-5-4-6-23(15-22)30-27(35)7-2-1-3-8-28(36)31-37/h4-6,9-12,15,24-26,29,33-34,37H,1-3,7-8,13-14,16-19H2,(H,30,35)(H,31,36)/t24-,25-,26+,29+/m0/s1. The summed E-state index contributed by atoms with van der Waals surface area (Å²) in [7, 11) is 0. The van der Waals surface area contributed by atoms with E-state index < -0.39 is 12.2 Å². The van der Waals surface area contributed by atoms with E-state index >= 15 is 0 Å². The van der Waals surface area contributed by atoms with Crippen LogP contribution in [0.25, 0.3) is 0 Å². The van der Waals surface area contributed by atoms with Gasteiger partial charge in [-0.15, -0.1) is 0 Å². The number of β-amino-alcohol motifs (C(OH)–C–C–N with tert-alkyl or cyclic N) is 1. The molecule has 0 aromatic heterocycles. The molecule has 5 N–H and O–H groups in total. The van der Waals surface area contributed by atoms with Crippen molar-refractivity contribution in [3.63, 3.8) is 0 Å². The predicted molar refractivity (Wildman–Crippen MR) is 144 cm³/mol. The van der Waals surface area contributed by atoms with E-state index in [0.717, 1.165) is 29.7 Å². The fourth-order valence-corrected chi connectivity index (χ4v) is 5.09. The van der Waals surface area contributed by atoms with E-state index in [2.05, 4.69) is 10.2 Å². The lowest BCUT2D eigenvalue weighted by molar-refractivity contribution is -0.252. The molecule has 4 rings (SSSR count). The number of carbonyl (C=O) groups excluding carboxylic acids is 2. The Morgan fingerprint density at radius 1 is 0.974 bits per heavy atom. The Labute approximate surface area is 228 Å². The highest BCUT2D eigenvalue weighted by molar-refractivity contribution is 5.90. The van der Waals surface area contributed by atoms with Gasteiger partial charge in [0.1, 0.15) is 0 Å². The molecule has 0 bridgehead atoms. The van der Waals surface area contributed by atoms with E-state index in [9.17, 15) is 19.8 Å². The molecule has 212 valence electrons. The molecule has 2 aromatic carbocycles. The van der Waals surface area contributed by atoms with Crippen molar-refractivity contribution in [1.82, 2.24) is 10.4 Å². The molecule has 0 unspecified atom stereocenters. The minimum absolute atomic E-state index is 0.0170. The second kappa shape index (κ2) is 14.5. The molecule has 2 saturated heterocycles.